The molecule has 1 fully saturated rings. The summed E-state index contributed by atoms with van der Waals surface area (Å²) in [5.74, 6) is 0.681. The van der Waals surface area contributed by atoms with Gasteiger partial charge in [-0.15, -0.1) is 0 Å². The van der Waals surface area contributed by atoms with E-state index >= 15 is 0 Å². The Bertz CT molecular complexity index is 583. The van der Waals surface area contributed by atoms with Gasteiger partial charge in [0.1, 0.15) is 0 Å². The highest BCUT2D eigenvalue weighted by Crippen LogP contribution is 2.20. The van der Waals surface area contributed by atoms with Crippen LogP contribution in [0.3, 0.4) is 0 Å². The Hall–Kier alpha value is -2.08. The van der Waals surface area contributed by atoms with Crippen LogP contribution in [0.2, 0.25) is 0 Å². The molecule has 1 aromatic carbocycles. The van der Waals surface area contributed by atoms with Crippen LogP contribution in [0.4, 0.5) is 0 Å². The molecule has 144 valence electrons. The minimum atomic E-state index is -0.0766. The Morgan fingerprint density at radius 1 is 1.23 bits per heavy atom. The van der Waals surface area contributed by atoms with Crippen LogP contribution in [0, 0.1) is 0 Å². The molecule has 26 heavy (non-hydrogen) atoms. The van der Waals surface area contributed by atoms with Crippen molar-refractivity contribution in [1.29, 1.82) is 0 Å². The van der Waals surface area contributed by atoms with Crippen molar-refractivity contribution in [3.8, 4) is 0 Å². The quantitative estimate of drug-likeness (QED) is 0.378. The molecule has 2 rings (SSSR count). The lowest BCUT2D eigenvalue weighted by Gasteiger charge is -2.22. The van der Waals surface area contributed by atoms with Crippen molar-refractivity contribution in [2.45, 2.75) is 51.2 Å². The first kappa shape index (κ1) is 20.2. The highest BCUT2D eigenvalue weighted by atomic mass is 16.5. The number of rotatable bonds is 8. The molecule has 0 unspecified atom stereocenters. The molecule has 0 spiro atoms. The van der Waals surface area contributed by atoms with Gasteiger partial charge >= 0.3 is 0 Å². The van der Waals surface area contributed by atoms with Crippen LogP contribution < -0.4 is 16.0 Å². The number of hydrogen-bond donors (Lipinski definition) is 3. The van der Waals surface area contributed by atoms with Gasteiger partial charge in [-0.25, -0.2) is 0 Å². The monoisotopic (exact) mass is 360 g/mol. The van der Waals surface area contributed by atoms with Gasteiger partial charge in [0, 0.05) is 39.4 Å². The van der Waals surface area contributed by atoms with Gasteiger partial charge in [0.05, 0.1) is 6.10 Å². The van der Waals surface area contributed by atoms with Gasteiger partial charge in [-0.2, -0.15) is 0 Å². The average Bonchev–Trinajstić information content (AvgIpc) is 2.70. The van der Waals surface area contributed by atoms with E-state index in [1.807, 2.05) is 24.3 Å². The van der Waals surface area contributed by atoms with Gasteiger partial charge in [-0.1, -0.05) is 31.4 Å². The Balaban J connectivity index is 1.65. The molecule has 1 aromatic rings. The lowest BCUT2D eigenvalue weighted by Crippen LogP contribution is -2.37. The molecule has 0 radical (unpaired) electrons. The molecule has 0 bridgehead atoms. The largest absolute Gasteiger partial charge is 0.378 e. The number of ether oxygens (including phenoxy) is 1. The first-order valence-electron chi connectivity index (χ1n) is 9.60. The van der Waals surface area contributed by atoms with Gasteiger partial charge in [0.2, 0.25) is 0 Å². The van der Waals surface area contributed by atoms with Crippen molar-refractivity contribution in [2.24, 2.45) is 4.99 Å². The Kier molecular flexibility index (Phi) is 8.96. The second-order valence-electron chi connectivity index (χ2n) is 6.62. The summed E-state index contributed by atoms with van der Waals surface area (Å²) in [5, 5.41) is 9.22. The first-order chi connectivity index (χ1) is 12.7. The predicted octanol–water partition coefficient (Wildman–Crippen LogP) is 2.45. The maximum Gasteiger partial charge on any atom is 0.251 e. The predicted molar refractivity (Wildman–Crippen MR) is 105 cm³/mol. The number of amides is 1. The summed E-state index contributed by atoms with van der Waals surface area (Å²) in [5.41, 5.74) is 1.70. The van der Waals surface area contributed by atoms with E-state index in [9.17, 15) is 4.79 Å². The van der Waals surface area contributed by atoms with Crippen LogP contribution >= 0.6 is 0 Å². The van der Waals surface area contributed by atoms with E-state index in [1.165, 1.54) is 32.1 Å². The maximum absolute atomic E-state index is 11.7. The number of nitrogens with one attached hydrogen (secondary N) is 3. The third-order valence-corrected chi connectivity index (χ3v) is 4.62. The molecule has 1 aliphatic carbocycles. The zero-order chi connectivity index (χ0) is 18.6. The van der Waals surface area contributed by atoms with Crippen LogP contribution in [0.15, 0.2) is 29.3 Å². The summed E-state index contributed by atoms with van der Waals surface area (Å²) in [6.45, 7) is 2.23. The molecular formula is C20H32N4O2. The van der Waals surface area contributed by atoms with Crippen molar-refractivity contribution in [1.82, 2.24) is 16.0 Å². The lowest BCUT2D eigenvalue weighted by molar-refractivity contribution is 0.0277. The molecule has 6 nitrogen and oxygen atoms in total. The summed E-state index contributed by atoms with van der Waals surface area (Å²) in [6, 6.07) is 7.57. The number of guanidine groups is 1. The van der Waals surface area contributed by atoms with Gasteiger partial charge in [-0.3, -0.25) is 9.79 Å². The number of carbonyl (C=O) groups excluding carboxylic acids is 1. The Labute approximate surface area is 156 Å². The summed E-state index contributed by atoms with van der Waals surface area (Å²) < 4.78 is 5.94. The fraction of sp³-hybridized carbons (Fsp3) is 0.600. The maximum atomic E-state index is 11.7. The topological polar surface area (TPSA) is 74.8 Å². The smallest absolute Gasteiger partial charge is 0.251 e. The van der Waals surface area contributed by atoms with Crippen LogP contribution in [0.5, 0.6) is 0 Å². The molecule has 1 saturated carbocycles. The highest BCUT2D eigenvalue weighted by molar-refractivity contribution is 5.94. The number of aliphatic imine (C=N–C) groups is 1. The standard InChI is InChI=1S/C20H32N4O2/c1-21-19(25)17-9-6-8-16(14-17)15-24-20(22-2)23-12-7-13-26-18-10-4-3-5-11-18/h6,8-9,14,18H,3-5,7,10-13,15H2,1-2H3,(H,21,25)(H2,22,23,24). The van der Waals surface area contributed by atoms with Gasteiger partial charge < -0.3 is 20.7 Å². The molecule has 6 heteroatoms. The molecule has 3 N–H and O–H groups in total. The highest BCUT2D eigenvalue weighted by Gasteiger charge is 2.13. The van der Waals surface area contributed by atoms with E-state index in [-0.39, 0.29) is 5.91 Å². The lowest BCUT2D eigenvalue weighted by atomic mass is 9.98. The second-order valence-corrected chi connectivity index (χ2v) is 6.62. The summed E-state index contributed by atoms with van der Waals surface area (Å²) in [6.07, 6.45) is 7.83. The van der Waals surface area contributed by atoms with E-state index < -0.39 is 0 Å². The molecule has 0 heterocycles. The fourth-order valence-electron chi connectivity index (χ4n) is 3.13. The van der Waals surface area contributed by atoms with Crippen LogP contribution in [-0.4, -0.2) is 45.2 Å². The molecule has 0 saturated heterocycles. The van der Waals surface area contributed by atoms with E-state index in [4.69, 9.17) is 4.74 Å². The normalized spacial score (nSPS) is 15.5. The SMILES string of the molecule is CN=C(NCCCOC1CCCCC1)NCc1cccc(C(=O)NC)c1. The van der Waals surface area contributed by atoms with E-state index in [1.54, 1.807) is 14.1 Å². The average molecular weight is 361 g/mol. The minimum absolute atomic E-state index is 0.0766. The third-order valence-electron chi connectivity index (χ3n) is 4.62. The van der Waals surface area contributed by atoms with Gasteiger partial charge in [-0.05, 0) is 37.0 Å². The number of nitrogens with zero attached hydrogens (tertiary/aromatic N) is 1. The third kappa shape index (κ3) is 7.04. The minimum Gasteiger partial charge on any atom is -0.378 e. The van der Waals surface area contributed by atoms with E-state index in [2.05, 4.69) is 20.9 Å². The second kappa shape index (κ2) is 11.5. The van der Waals surface area contributed by atoms with E-state index in [0.717, 1.165) is 31.1 Å². The zero-order valence-electron chi connectivity index (χ0n) is 16.0. The van der Waals surface area contributed by atoms with Crippen LogP contribution in [0.1, 0.15) is 54.4 Å². The van der Waals surface area contributed by atoms with Gasteiger partial charge in [0.15, 0.2) is 5.96 Å². The molecule has 0 aliphatic heterocycles. The zero-order valence-corrected chi connectivity index (χ0v) is 16.0. The number of benzene rings is 1. The van der Waals surface area contributed by atoms with Crippen LogP contribution in [0.25, 0.3) is 0 Å². The van der Waals surface area contributed by atoms with Crippen LogP contribution in [-0.2, 0) is 11.3 Å². The summed E-state index contributed by atoms with van der Waals surface area (Å²) >= 11 is 0. The Morgan fingerprint density at radius 3 is 2.77 bits per heavy atom. The first-order valence-corrected chi connectivity index (χ1v) is 9.60. The van der Waals surface area contributed by atoms with E-state index in [0.29, 0.717) is 18.2 Å². The van der Waals surface area contributed by atoms with Crippen molar-refractivity contribution >= 4 is 11.9 Å². The van der Waals surface area contributed by atoms with Gasteiger partial charge in [0.25, 0.3) is 5.91 Å². The fourth-order valence-corrected chi connectivity index (χ4v) is 3.13. The van der Waals surface area contributed by atoms with Crippen molar-refractivity contribution < 1.29 is 9.53 Å². The molecule has 1 amide bonds. The van der Waals surface area contributed by atoms with Crippen molar-refractivity contribution in [2.75, 3.05) is 27.2 Å². The van der Waals surface area contributed by atoms with Crippen molar-refractivity contribution in [3.63, 3.8) is 0 Å². The molecular weight excluding hydrogens is 328 g/mol. The molecule has 0 aromatic heterocycles. The molecule has 1 aliphatic rings. The molecule has 0 atom stereocenters. The summed E-state index contributed by atoms with van der Waals surface area (Å²) in [7, 11) is 3.39. The number of carbonyl (C=O) groups is 1. The number of hydrogen-bond acceptors (Lipinski definition) is 3. The van der Waals surface area contributed by atoms with Crippen molar-refractivity contribution in [3.05, 3.63) is 35.4 Å². The summed E-state index contributed by atoms with van der Waals surface area (Å²) in [4.78, 5) is 15.9. The Morgan fingerprint density at radius 2 is 2.04 bits per heavy atom.